The Labute approximate surface area is 177 Å². The van der Waals surface area contributed by atoms with Crippen molar-refractivity contribution in [2.45, 2.75) is 38.8 Å². The van der Waals surface area contributed by atoms with Gasteiger partial charge in [-0.15, -0.1) is 0 Å². The van der Waals surface area contributed by atoms with Crippen molar-refractivity contribution < 1.29 is 23.5 Å². The number of methoxy groups -OCH3 is 1. The lowest BCUT2D eigenvalue weighted by atomic mass is 10.1. The number of hydrogen-bond donors (Lipinski definition) is 1. The molecule has 2 amide bonds. The molecule has 0 fully saturated rings. The number of likely N-dealkylation sites (N-methyl/N-ethyl adjacent to an activating group) is 1. The third kappa shape index (κ3) is 6.76. The van der Waals surface area contributed by atoms with Gasteiger partial charge in [0.05, 0.1) is 13.7 Å². The van der Waals surface area contributed by atoms with Crippen LogP contribution in [0.1, 0.15) is 31.7 Å². The first-order valence-corrected chi connectivity index (χ1v) is 10.0. The average Bonchev–Trinajstić information content (AvgIpc) is 2.77. The lowest BCUT2D eigenvalue weighted by molar-refractivity contribution is -0.141. The minimum Gasteiger partial charge on any atom is -0.497 e. The van der Waals surface area contributed by atoms with Crippen LogP contribution in [0.25, 0.3) is 0 Å². The fraction of sp³-hybridized carbons (Fsp3) is 0.391. The predicted molar refractivity (Wildman–Crippen MR) is 113 cm³/mol. The van der Waals surface area contributed by atoms with Crippen LogP contribution in [0.5, 0.6) is 11.5 Å². The van der Waals surface area contributed by atoms with Crippen LogP contribution in [0.3, 0.4) is 0 Å². The maximum absolute atomic E-state index is 13.2. The van der Waals surface area contributed by atoms with Gasteiger partial charge in [0, 0.05) is 20.0 Å². The molecule has 6 nitrogen and oxygen atoms in total. The van der Waals surface area contributed by atoms with E-state index in [-0.39, 0.29) is 30.6 Å². The number of amides is 2. The van der Waals surface area contributed by atoms with E-state index in [1.165, 1.54) is 12.1 Å². The Hall–Kier alpha value is -3.09. The molecule has 0 aliphatic rings. The van der Waals surface area contributed by atoms with Gasteiger partial charge in [-0.25, -0.2) is 4.39 Å². The summed E-state index contributed by atoms with van der Waals surface area (Å²) in [6.45, 7) is 2.47. The van der Waals surface area contributed by atoms with E-state index in [4.69, 9.17) is 9.47 Å². The van der Waals surface area contributed by atoms with Gasteiger partial charge in [0.25, 0.3) is 0 Å². The Morgan fingerprint density at radius 1 is 1.07 bits per heavy atom. The van der Waals surface area contributed by atoms with Gasteiger partial charge in [-0.05, 0) is 54.8 Å². The van der Waals surface area contributed by atoms with E-state index in [1.54, 1.807) is 55.5 Å². The molecule has 0 saturated heterocycles. The number of nitrogens with zero attached hydrogens (tertiary/aromatic N) is 1. The highest BCUT2D eigenvalue weighted by atomic mass is 19.1. The zero-order valence-corrected chi connectivity index (χ0v) is 17.7. The molecule has 0 aliphatic carbocycles. The molecular formula is C23H29FN2O4. The van der Waals surface area contributed by atoms with E-state index in [0.29, 0.717) is 25.2 Å². The second-order valence-electron chi connectivity index (χ2n) is 6.81. The van der Waals surface area contributed by atoms with Gasteiger partial charge in [0.15, 0.2) is 0 Å². The zero-order valence-electron chi connectivity index (χ0n) is 17.7. The van der Waals surface area contributed by atoms with Crippen LogP contribution in [-0.2, 0) is 16.1 Å². The van der Waals surface area contributed by atoms with Crippen molar-refractivity contribution >= 4 is 11.8 Å². The maximum Gasteiger partial charge on any atom is 0.242 e. The molecule has 2 aromatic rings. The number of nitrogens with one attached hydrogen (secondary N) is 1. The van der Waals surface area contributed by atoms with Crippen molar-refractivity contribution in [3.63, 3.8) is 0 Å². The first-order valence-electron chi connectivity index (χ1n) is 10.0. The fourth-order valence-electron chi connectivity index (χ4n) is 3.10. The Balaban J connectivity index is 1.98. The standard InChI is InChI=1S/C23H29FN2O4/c1-4-21(23(28)25-2)26(16-17-7-9-18(24)10-8-17)22(27)6-5-15-30-20-13-11-19(29-3)12-14-20/h7-14,21H,4-6,15-16H2,1-3H3,(H,25,28). The lowest BCUT2D eigenvalue weighted by Gasteiger charge is -2.30. The molecule has 0 bridgehead atoms. The number of halogens is 1. The third-order valence-electron chi connectivity index (χ3n) is 4.76. The van der Waals surface area contributed by atoms with Crippen LogP contribution in [0.4, 0.5) is 4.39 Å². The van der Waals surface area contributed by atoms with Gasteiger partial charge < -0.3 is 19.7 Å². The Kier molecular flexibility index (Phi) is 9.12. The summed E-state index contributed by atoms with van der Waals surface area (Å²) in [5.41, 5.74) is 0.765. The summed E-state index contributed by atoms with van der Waals surface area (Å²) in [6.07, 6.45) is 1.23. The molecule has 2 aromatic carbocycles. The van der Waals surface area contributed by atoms with Crippen molar-refractivity contribution in [2.75, 3.05) is 20.8 Å². The maximum atomic E-state index is 13.2. The van der Waals surface area contributed by atoms with E-state index < -0.39 is 6.04 Å². The molecule has 0 saturated carbocycles. The van der Waals surface area contributed by atoms with Gasteiger partial charge in [0.1, 0.15) is 23.4 Å². The second-order valence-corrected chi connectivity index (χ2v) is 6.81. The smallest absolute Gasteiger partial charge is 0.242 e. The minimum absolute atomic E-state index is 0.145. The number of hydrogen-bond acceptors (Lipinski definition) is 4. The van der Waals surface area contributed by atoms with E-state index >= 15 is 0 Å². The molecule has 0 spiro atoms. The van der Waals surface area contributed by atoms with Crippen LogP contribution in [0.2, 0.25) is 0 Å². The minimum atomic E-state index is -0.588. The number of carbonyl (C=O) groups excluding carboxylic acids is 2. The molecule has 7 heteroatoms. The molecule has 1 unspecified atom stereocenters. The van der Waals surface area contributed by atoms with Crippen molar-refractivity contribution in [2.24, 2.45) is 0 Å². The van der Waals surface area contributed by atoms with Crippen LogP contribution >= 0.6 is 0 Å². The van der Waals surface area contributed by atoms with Crippen molar-refractivity contribution in [1.29, 1.82) is 0 Å². The van der Waals surface area contributed by atoms with Gasteiger partial charge >= 0.3 is 0 Å². The molecule has 0 heterocycles. The monoisotopic (exact) mass is 416 g/mol. The molecule has 0 aliphatic heterocycles. The van der Waals surface area contributed by atoms with E-state index in [2.05, 4.69) is 5.32 Å². The molecular weight excluding hydrogens is 387 g/mol. The molecule has 1 N–H and O–H groups in total. The zero-order chi connectivity index (χ0) is 21.9. The highest BCUT2D eigenvalue weighted by Crippen LogP contribution is 2.18. The van der Waals surface area contributed by atoms with Crippen LogP contribution in [0.15, 0.2) is 48.5 Å². The molecule has 0 radical (unpaired) electrons. The van der Waals surface area contributed by atoms with Gasteiger partial charge in [-0.3, -0.25) is 9.59 Å². The van der Waals surface area contributed by atoms with Crippen LogP contribution in [-0.4, -0.2) is 43.5 Å². The predicted octanol–water partition coefficient (Wildman–Crippen LogP) is 3.55. The molecule has 0 aromatic heterocycles. The van der Waals surface area contributed by atoms with Gasteiger partial charge in [-0.2, -0.15) is 0 Å². The van der Waals surface area contributed by atoms with Gasteiger partial charge in [-0.1, -0.05) is 19.1 Å². The lowest BCUT2D eigenvalue weighted by Crippen LogP contribution is -2.48. The van der Waals surface area contributed by atoms with Crippen LogP contribution < -0.4 is 14.8 Å². The highest BCUT2D eigenvalue weighted by molar-refractivity contribution is 5.87. The van der Waals surface area contributed by atoms with Crippen molar-refractivity contribution in [3.05, 3.63) is 59.9 Å². The summed E-state index contributed by atoms with van der Waals surface area (Å²) in [5.74, 6) is 0.734. The highest BCUT2D eigenvalue weighted by Gasteiger charge is 2.27. The molecule has 30 heavy (non-hydrogen) atoms. The summed E-state index contributed by atoms with van der Waals surface area (Å²) in [6, 6.07) is 12.6. The van der Waals surface area contributed by atoms with Crippen molar-refractivity contribution in [1.82, 2.24) is 10.2 Å². The van der Waals surface area contributed by atoms with E-state index in [1.807, 2.05) is 6.92 Å². The van der Waals surface area contributed by atoms with E-state index in [9.17, 15) is 14.0 Å². The van der Waals surface area contributed by atoms with Gasteiger partial charge in [0.2, 0.25) is 11.8 Å². The number of rotatable bonds is 11. The summed E-state index contributed by atoms with van der Waals surface area (Å²) < 4.78 is 24.0. The summed E-state index contributed by atoms with van der Waals surface area (Å²) >= 11 is 0. The first kappa shape index (κ1) is 23.2. The number of benzene rings is 2. The normalized spacial score (nSPS) is 11.5. The molecule has 2 rings (SSSR count). The Bertz CT molecular complexity index is 809. The summed E-state index contributed by atoms with van der Waals surface area (Å²) in [5, 5.41) is 2.62. The Morgan fingerprint density at radius 3 is 2.27 bits per heavy atom. The topological polar surface area (TPSA) is 67.9 Å². The first-order chi connectivity index (χ1) is 14.5. The quantitative estimate of drug-likeness (QED) is 0.569. The van der Waals surface area contributed by atoms with Crippen LogP contribution in [0, 0.1) is 5.82 Å². The summed E-state index contributed by atoms with van der Waals surface area (Å²) in [4.78, 5) is 26.8. The van der Waals surface area contributed by atoms with E-state index in [0.717, 1.165) is 11.3 Å². The number of carbonyl (C=O) groups is 2. The largest absolute Gasteiger partial charge is 0.497 e. The molecule has 162 valence electrons. The second kappa shape index (κ2) is 11.8. The van der Waals surface area contributed by atoms with Crippen molar-refractivity contribution in [3.8, 4) is 11.5 Å². The molecule has 1 atom stereocenters. The average molecular weight is 416 g/mol. The fourth-order valence-corrected chi connectivity index (χ4v) is 3.10. The third-order valence-corrected chi connectivity index (χ3v) is 4.76. The Morgan fingerprint density at radius 2 is 1.70 bits per heavy atom. The number of ether oxygens (including phenoxy) is 2. The summed E-state index contributed by atoms with van der Waals surface area (Å²) in [7, 11) is 3.15. The SMILES string of the molecule is CCC(C(=O)NC)N(Cc1ccc(F)cc1)C(=O)CCCOc1ccc(OC)cc1.